The van der Waals surface area contributed by atoms with E-state index in [-0.39, 0.29) is 28.9 Å². The number of carbonyl (C=O) groups is 2. The van der Waals surface area contributed by atoms with Gasteiger partial charge in [0.15, 0.2) is 5.75 Å². The topological polar surface area (TPSA) is 110 Å². The number of piperidine rings is 1. The summed E-state index contributed by atoms with van der Waals surface area (Å²) >= 11 is 5.97. The molecule has 1 unspecified atom stereocenters. The van der Waals surface area contributed by atoms with Crippen LogP contribution in [0.5, 0.6) is 5.75 Å². The zero-order chi connectivity index (χ0) is 28.2. The van der Waals surface area contributed by atoms with Gasteiger partial charge in [-0.25, -0.2) is 0 Å². The van der Waals surface area contributed by atoms with Gasteiger partial charge in [0.05, 0.1) is 11.6 Å². The van der Waals surface area contributed by atoms with Gasteiger partial charge in [-0.05, 0) is 48.6 Å². The minimum atomic E-state index is -3.10. The van der Waals surface area contributed by atoms with Crippen molar-refractivity contribution in [2.24, 2.45) is 0 Å². The van der Waals surface area contributed by atoms with Crippen molar-refractivity contribution in [2.75, 3.05) is 25.0 Å². The first-order valence-corrected chi connectivity index (χ1v) is 12.9. The maximum absolute atomic E-state index is 14.0. The Labute approximate surface area is 229 Å². The van der Waals surface area contributed by atoms with E-state index in [1.54, 1.807) is 35.4 Å². The van der Waals surface area contributed by atoms with Crippen molar-refractivity contribution in [3.8, 4) is 5.75 Å². The van der Waals surface area contributed by atoms with Crippen LogP contribution in [0.25, 0.3) is 0 Å². The number of carboxylic acid groups (broad SMARTS) is 1. The Hall–Kier alpha value is -3.57. The van der Waals surface area contributed by atoms with E-state index in [1.165, 1.54) is 18.2 Å². The number of pyridine rings is 1. The lowest BCUT2D eigenvalue weighted by molar-refractivity contribution is -0.140. The number of nitrogens with zero attached hydrogens (tertiary/aromatic N) is 4. The highest BCUT2D eigenvalue weighted by Crippen LogP contribution is 2.37. The molecule has 39 heavy (non-hydrogen) atoms. The van der Waals surface area contributed by atoms with Crippen molar-refractivity contribution < 1.29 is 28.2 Å². The zero-order valence-electron chi connectivity index (χ0n) is 21.6. The number of aromatic nitrogens is 3. The molecule has 1 amide bonds. The van der Waals surface area contributed by atoms with Crippen LogP contribution in [0.15, 0.2) is 55.0 Å². The molecule has 208 valence electrons. The summed E-state index contributed by atoms with van der Waals surface area (Å²) in [5.74, 6) is -2.36. The lowest BCUT2D eigenvalue weighted by Gasteiger charge is -2.42. The van der Waals surface area contributed by atoms with Crippen LogP contribution >= 0.6 is 11.6 Å². The molecule has 1 aliphatic heterocycles. The fraction of sp³-hybridized carbons (Fsp3) is 0.407. The molecular weight excluding hydrogens is 532 g/mol. The summed E-state index contributed by atoms with van der Waals surface area (Å²) in [5.41, 5.74) is 0.363. The van der Waals surface area contributed by atoms with Crippen molar-refractivity contribution in [3.05, 3.63) is 71.3 Å². The first kappa shape index (κ1) is 28.4. The van der Waals surface area contributed by atoms with Gasteiger partial charge in [0.2, 0.25) is 0 Å². The molecule has 12 heteroatoms. The van der Waals surface area contributed by atoms with E-state index < -0.39 is 29.9 Å². The van der Waals surface area contributed by atoms with Crippen molar-refractivity contribution in [1.29, 1.82) is 0 Å². The number of aliphatic carboxylic acids is 1. The lowest BCUT2D eigenvalue weighted by Crippen LogP contribution is -2.54. The summed E-state index contributed by atoms with van der Waals surface area (Å²) in [7, 11) is 0. The Balaban J connectivity index is 1.61. The fourth-order valence-corrected chi connectivity index (χ4v) is 5.11. The number of halogens is 3. The van der Waals surface area contributed by atoms with E-state index in [0.717, 1.165) is 5.69 Å². The van der Waals surface area contributed by atoms with Gasteiger partial charge >= 0.3 is 12.6 Å². The molecule has 0 aliphatic carbocycles. The quantitative estimate of drug-likeness (QED) is 0.360. The average Bonchev–Trinajstić information content (AvgIpc) is 3.40. The Morgan fingerprint density at radius 3 is 2.54 bits per heavy atom. The highest BCUT2D eigenvalue weighted by atomic mass is 35.5. The van der Waals surface area contributed by atoms with Crippen LogP contribution in [0.2, 0.25) is 5.02 Å². The van der Waals surface area contributed by atoms with Crippen molar-refractivity contribution >= 4 is 29.2 Å². The maximum atomic E-state index is 14.0. The fourth-order valence-electron chi connectivity index (χ4n) is 4.95. The molecule has 1 saturated heterocycles. The smallest absolute Gasteiger partial charge is 0.387 e. The van der Waals surface area contributed by atoms with Crippen LogP contribution in [-0.4, -0.2) is 62.9 Å². The van der Waals surface area contributed by atoms with Gasteiger partial charge in [-0.3, -0.25) is 19.3 Å². The van der Waals surface area contributed by atoms with Crippen LogP contribution in [0, 0.1) is 0 Å². The number of rotatable bonds is 10. The minimum Gasteiger partial charge on any atom is -0.481 e. The van der Waals surface area contributed by atoms with Crippen LogP contribution in [0.4, 0.5) is 14.5 Å². The number of carbonyl (C=O) groups excluding carboxylic acids is 1. The van der Waals surface area contributed by atoms with Crippen LogP contribution in [-0.2, 0) is 15.1 Å². The second-order valence-electron chi connectivity index (χ2n) is 9.81. The first-order valence-electron chi connectivity index (χ1n) is 12.6. The average molecular weight is 562 g/mol. The molecule has 9 nitrogen and oxygen atoms in total. The van der Waals surface area contributed by atoms with Crippen molar-refractivity contribution in [3.63, 3.8) is 0 Å². The molecule has 0 radical (unpaired) electrons. The summed E-state index contributed by atoms with van der Waals surface area (Å²) < 4.78 is 32.4. The Kier molecular flexibility index (Phi) is 8.81. The molecule has 1 atom stereocenters. The Morgan fingerprint density at radius 1 is 1.18 bits per heavy atom. The molecule has 1 aromatic carbocycles. The maximum Gasteiger partial charge on any atom is 0.387 e. The third kappa shape index (κ3) is 6.36. The molecule has 3 aromatic rings. The molecule has 2 aromatic heterocycles. The molecule has 0 saturated carbocycles. The molecule has 1 fully saturated rings. The zero-order valence-corrected chi connectivity index (χ0v) is 22.3. The van der Waals surface area contributed by atoms with Gasteiger partial charge < -0.3 is 20.1 Å². The summed E-state index contributed by atoms with van der Waals surface area (Å²) in [5, 5.41) is 17.3. The normalized spacial score (nSPS) is 16.3. The van der Waals surface area contributed by atoms with E-state index in [9.17, 15) is 23.5 Å². The van der Waals surface area contributed by atoms with Crippen LogP contribution < -0.4 is 10.1 Å². The van der Waals surface area contributed by atoms with Gasteiger partial charge in [-0.2, -0.15) is 13.9 Å². The summed E-state index contributed by atoms with van der Waals surface area (Å²) in [6.07, 6.45) is 5.40. The van der Waals surface area contributed by atoms with Gasteiger partial charge in [0.1, 0.15) is 5.54 Å². The molecule has 0 spiro atoms. The first-order chi connectivity index (χ1) is 18.6. The summed E-state index contributed by atoms with van der Waals surface area (Å²) in [6, 6.07) is 9.39. The predicted octanol–water partition coefficient (Wildman–Crippen LogP) is 4.95. The van der Waals surface area contributed by atoms with E-state index >= 15 is 0 Å². The number of nitrogens with one attached hydrogen (secondary N) is 1. The number of ether oxygens (including phenoxy) is 1. The highest BCUT2D eigenvalue weighted by Gasteiger charge is 2.46. The van der Waals surface area contributed by atoms with Crippen LogP contribution in [0.3, 0.4) is 0 Å². The summed E-state index contributed by atoms with van der Waals surface area (Å²) in [6.45, 7) is 1.96. The third-order valence-electron chi connectivity index (χ3n) is 7.01. The molecule has 4 rings (SSSR count). The van der Waals surface area contributed by atoms with Crippen molar-refractivity contribution in [2.45, 2.75) is 50.7 Å². The molecule has 2 N–H and O–H groups in total. The van der Waals surface area contributed by atoms with E-state index in [0.29, 0.717) is 31.5 Å². The lowest BCUT2D eigenvalue weighted by atomic mass is 9.85. The SMILES string of the molecule is CC(C)c1ccnn1C1(C(=O)Nc2ccc(Cl)cc2OC(F)F)CCN(CC(C(=O)O)c2cccnc2)CC1. The Morgan fingerprint density at radius 2 is 1.92 bits per heavy atom. The molecular formula is C27H30ClF2N5O4. The minimum absolute atomic E-state index is 0.0606. The molecule has 3 heterocycles. The second-order valence-corrected chi connectivity index (χ2v) is 10.2. The second kappa shape index (κ2) is 12.1. The molecule has 0 bridgehead atoms. The number of anilines is 1. The van der Waals surface area contributed by atoms with Crippen LogP contribution in [0.1, 0.15) is 49.8 Å². The van der Waals surface area contributed by atoms with Gasteiger partial charge in [-0.15, -0.1) is 0 Å². The number of hydrogen-bond donors (Lipinski definition) is 2. The van der Waals surface area contributed by atoms with E-state index in [2.05, 4.69) is 20.1 Å². The number of benzene rings is 1. The largest absolute Gasteiger partial charge is 0.481 e. The van der Waals surface area contributed by atoms with Gasteiger partial charge in [-0.1, -0.05) is 31.5 Å². The number of amides is 1. The molecule has 1 aliphatic rings. The summed E-state index contributed by atoms with van der Waals surface area (Å²) in [4.78, 5) is 32.1. The van der Waals surface area contributed by atoms with Gasteiger partial charge in [0.25, 0.3) is 5.91 Å². The number of likely N-dealkylation sites (tertiary alicyclic amines) is 1. The standard InChI is InChI=1S/C27H30ClF2N5O4/c1-17(2)22-7-11-32-35(22)27(25(38)33-21-6-5-19(28)14-23(21)39-26(29)30)8-12-34(13-9-27)16-20(24(36)37)18-4-3-10-31-15-18/h3-7,10-11,14-15,17,20,26H,8-9,12-13,16H2,1-2H3,(H,33,38)(H,36,37). The third-order valence-corrected chi connectivity index (χ3v) is 7.24. The van der Waals surface area contributed by atoms with E-state index in [4.69, 9.17) is 11.6 Å². The van der Waals surface area contributed by atoms with Crippen molar-refractivity contribution in [1.82, 2.24) is 19.7 Å². The monoisotopic (exact) mass is 561 g/mol. The predicted molar refractivity (Wildman–Crippen MR) is 141 cm³/mol. The number of alkyl halides is 2. The highest BCUT2D eigenvalue weighted by molar-refractivity contribution is 6.30. The van der Waals surface area contributed by atoms with E-state index in [1.807, 2.05) is 24.8 Å². The van der Waals surface area contributed by atoms with Gasteiger partial charge in [0, 0.05) is 55.0 Å². The number of hydrogen-bond acceptors (Lipinski definition) is 6. The number of carboxylic acids is 1. The Bertz CT molecular complexity index is 1300.